The second kappa shape index (κ2) is 5.72. The molecule has 0 aromatic carbocycles. The molecule has 0 radical (unpaired) electrons. The van der Waals surface area contributed by atoms with Gasteiger partial charge >= 0.3 is 5.97 Å². The van der Waals surface area contributed by atoms with Crippen molar-refractivity contribution in [3.8, 4) is 0 Å². The Hall–Kier alpha value is -1.26. The average molecular weight is 226 g/mol. The SMILES string of the molecule is CC(C)(CCN=[N+]=[N-])OC(=O)[C@@H]1CCCN1. The van der Waals surface area contributed by atoms with Gasteiger partial charge in [-0.05, 0) is 45.2 Å². The monoisotopic (exact) mass is 226 g/mol. The summed E-state index contributed by atoms with van der Waals surface area (Å²) >= 11 is 0. The first-order chi connectivity index (χ1) is 7.55. The minimum Gasteiger partial charge on any atom is -0.459 e. The second-order valence-corrected chi connectivity index (χ2v) is 4.53. The summed E-state index contributed by atoms with van der Waals surface area (Å²) in [7, 11) is 0. The van der Waals surface area contributed by atoms with Crippen molar-refractivity contribution in [3.63, 3.8) is 0 Å². The van der Waals surface area contributed by atoms with Crippen molar-refractivity contribution in [1.82, 2.24) is 5.32 Å². The number of azide groups is 1. The summed E-state index contributed by atoms with van der Waals surface area (Å²) in [6, 6.07) is -0.168. The quantitative estimate of drug-likeness (QED) is 0.335. The number of carbonyl (C=O) groups is 1. The van der Waals surface area contributed by atoms with E-state index in [0.717, 1.165) is 19.4 Å². The molecular formula is C10H18N4O2. The Labute approximate surface area is 95.0 Å². The van der Waals surface area contributed by atoms with Gasteiger partial charge < -0.3 is 10.1 Å². The fourth-order valence-electron chi connectivity index (χ4n) is 1.64. The molecule has 1 atom stereocenters. The maximum atomic E-state index is 11.7. The van der Waals surface area contributed by atoms with E-state index in [1.165, 1.54) is 0 Å². The van der Waals surface area contributed by atoms with E-state index < -0.39 is 5.60 Å². The van der Waals surface area contributed by atoms with Gasteiger partial charge in [-0.1, -0.05) is 5.11 Å². The van der Waals surface area contributed by atoms with Crippen LogP contribution in [0.4, 0.5) is 0 Å². The Morgan fingerprint density at radius 1 is 1.69 bits per heavy atom. The van der Waals surface area contributed by atoms with Crippen LogP contribution in [0, 0.1) is 0 Å². The molecule has 1 saturated heterocycles. The highest BCUT2D eigenvalue weighted by atomic mass is 16.6. The van der Waals surface area contributed by atoms with Gasteiger partial charge in [-0.25, -0.2) is 0 Å². The summed E-state index contributed by atoms with van der Waals surface area (Å²) in [5.41, 5.74) is 7.58. The topological polar surface area (TPSA) is 87.1 Å². The highest BCUT2D eigenvalue weighted by Gasteiger charge is 2.29. The number of nitrogens with zero attached hydrogens (tertiary/aromatic N) is 3. The lowest BCUT2D eigenvalue weighted by molar-refractivity contribution is -0.159. The Morgan fingerprint density at radius 3 is 3.00 bits per heavy atom. The van der Waals surface area contributed by atoms with E-state index in [0.29, 0.717) is 13.0 Å². The van der Waals surface area contributed by atoms with Crippen LogP contribution in [-0.4, -0.2) is 30.7 Å². The molecule has 16 heavy (non-hydrogen) atoms. The van der Waals surface area contributed by atoms with Gasteiger partial charge in [0.1, 0.15) is 11.6 Å². The Balaban J connectivity index is 2.37. The third-order valence-corrected chi connectivity index (χ3v) is 2.60. The summed E-state index contributed by atoms with van der Waals surface area (Å²) in [6.45, 7) is 4.87. The molecule has 0 aromatic heterocycles. The van der Waals surface area contributed by atoms with Crippen LogP contribution in [0.3, 0.4) is 0 Å². The third-order valence-electron chi connectivity index (χ3n) is 2.60. The van der Waals surface area contributed by atoms with E-state index in [-0.39, 0.29) is 12.0 Å². The molecule has 0 bridgehead atoms. The minimum atomic E-state index is -0.574. The molecule has 1 fully saturated rings. The Morgan fingerprint density at radius 2 is 2.44 bits per heavy atom. The number of esters is 1. The molecular weight excluding hydrogens is 208 g/mol. The van der Waals surface area contributed by atoms with E-state index >= 15 is 0 Å². The molecule has 0 unspecified atom stereocenters. The van der Waals surface area contributed by atoms with E-state index in [4.69, 9.17) is 10.3 Å². The number of carbonyl (C=O) groups excluding carboxylic acids is 1. The average Bonchev–Trinajstić information content (AvgIpc) is 2.69. The highest BCUT2D eigenvalue weighted by molar-refractivity contribution is 5.76. The van der Waals surface area contributed by atoms with Gasteiger partial charge in [0.2, 0.25) is 0 Å². The first-order valence-electron chi connectivity index (χ1n) is 5.52. The van der Waals surface area contributed by atoms with Gasteiger partial charge in [0, 0.05) is 11.5 Å². The molecule has 0 aliphatic carbocycles. The van der Waals surface area contributed by atoms with Crippen molar-refractivity contribution < 1.29 is 9.53 Å². The van der Waals surface area contributed by atoms with Gasteiger partial charge in [0.15, 0.2) is 0 Å². The summed E-state index contributed by atoms with van der Waals surface area (Å²) in [6.07, 6.45) is 2.39. The Kier molecular flexibility index (Phi) is 4.58. The predicted octanol–water partition coefficient (Wildman–Crippen LogP) is 1.76. The molecule has 0 spiro atoms. The Bertz CT molecular complexity index is 291. The zero-order chi connectivity index (χ0) is 12.0. The van der Waals surface area contributed by atoms with E-state index in [1.54, 1.807) is 0 Å². The van der Waals surface area contributed by atoms with Gasteiger partial charge in [-0.2, -0.15) is 0 Å². The first-order valence-corrected chi connectivity index (χ1v) is 5.52. The van der Waals surface area contributed by atoms with Crippen LogP contribution in [-0.2, 0) is 9.53 Å². The number of hydrogen-bond donors (Lipinski definition) is 1. The molecule has 1 aliphatic heterocycles. The molecule has 1 N–H and O–H groups in total. The van der Waals surface area contributed by atoms with Crippen LogP contribution in [0.5, 0.6) is 0 Å². The van der Waals surface area contributed by atoms with Gasteiger partial charge in [0.25, 0.3) is 0 Å². The second-order valence-electron chi connectivity index (χ2n) is 4.53. The van der Waals surface area contributed by atoms with Crippen molar-refractivity contribution in [1.29, 1.82) is 0 Å². The van der Waals surface area contributed by atoms with Crippen LogP contribution in [0.1, 0.15) is 33.1 Å². The van der Waals surface area contributed by atoms with E-state index in [9.17, 15) is 4.79 Å². The largest absolute Gasteiger partial charge is 0.459 e. The van der Waals surface area contributed by atoms with Crippen molar-refractivity contribution in [3.05, 3.63) is 10.4 Å². The number of rotatable bonds is 5. The van der Waals surface area contributed by atoms with Gasteiger partial charge in [0.05, 0.1) is 0 Å². The third kappa shape index (κ3) is 4.08. The number of ether oxygens (including phenoxy) is 1. The predicted molar refractivity (Wildman–Crippen MR) is 59.8 cm³/mol. The maximum absolute atomic E-state index is 11.7. The van der Waals surface area contributed by atoms with Crippen molar-refractivity contribution in [2.24, 2.45) is 5.11 Å². The normalized spacial score (nSPS) is 20.2. The molecule has 0 amide bonds. The zero-order valence-corrected chi connectivity index (χ0v) is 9.77. The standard InChI is InChI=1S/C10H18N4O2/c1-10(2,5-7-13-14-11)16-9(15)8-4-3-6-12-8/h8,12H,3-7H2,1-2H3/t8-/m0/s1. The first kappa shape index (κ1) is 12.8. The molecule has 0 saturated carbocycles. The van der Waals surface area contributed by atoms with Crippen LogP contribution in [0.15, 0.2) is 5.11 Å². The lowest BCUT2D eigenvalue weighted by Crippen LogP contribution is -2.38. The lowest BCUT2D eigenvalue weighted by Gasteiger charge is -2.26. The molecule has 6 heteroatoms. The number of nitrogens with one attached hydrogen (secondary N) is 1. The van der Waals surface area contributed by atoms with E-state index in [2.05, 4.69) is 15.3 Å². The zero-order valence-electron chi connectivity index (χ0n) is 9.77. The summed E-state index contributed by atoms with van der Waals surface area (Å²) in [4.78, 5) is 14.4. The van der Waals surface area contributed by atoms with Crippen molar-refractivity contribution in [2.45, 2.75) is 44.8 Å². The van der Waals surface area contributed by atoms with Crippen molar-refractivity contribution in [2.75, 3.05) is 13.1 Å². The van der Waals surface area contributed by atoms with Crippen LogP contribution < -0.4 is 5.32 Å². The molecule has 90 valence electrons. The lowest BCUT2D eigenvalue weighted by atomic mass is 10.1. The van der Waals surface area contributed by atoms with Gasteiger partial charge in [-0.15, -0.1) is 0 Å². The fourth-order valence-corrected chi connectivity index (χ4v) is 1.64. The van der Waals surface area contributed by atoms with Crippen molar-refractivity contribution >= 4 is 5.97 Å². The summed E-state index contributed by atoms with van der Waals surface area (Å²) < 4.78 is 5.38. The number of hydrogen-bond acceptors (Lipinski definition) is 4. The van der Waals surface area contributed by atoms with Gasteiger partial charge in [-0.3, -0.25) is 4.79 Å². The molecule has 1 heterocycles. The molecule has 6 nitrogen and oxygen atoms in total. The van der Waals surface area contributed by atoms with Crippen LogP contribution >= 0.6 is 0 Å². The minimum absolute atomic E-state index is 0.168. The molecule has 0 aromatic rings. The summed E-state index contributed by atoms with van der Waals surface area (Å²) in [5, 5.41) is 6.53. The molecule has 1 rings (SSSR count). The molecule has 1 aliphatic rings. The maximum Gasteiger partial charge on any atom is 0.323 e. The smallest absolute Gasteiger partial charge is 0.323 e. The van der Waals surface area contributed by atoms with Crippen LogP contribution in [0.25, 0.3) is 10.4 Å². The fraction of sp³-hybridized carbons (Fsp3) is 0.900. The van der Waals surface area contributed by atoms with E-state index in [1.807, 2.05) is 13.8 Å². The highest BCUT2D eigenvalue weighted by Crippen LogP contribution is 2.17. The summed E-state index contributed by atoms with van der Waals surface area (Å²) in [5.74, 6) is -0.205. The van der Waals surface area contributed by atoms with Crippen LogP contribution in [0.2, 0.25) is 0 Å².